The van der Waals surface area contributed by atoms with Gasteiger partial charge in [-0.2, -0.15) is 0 Å². The third-order valence-electron chi connectivity index (χ3n) is 4.21. The van der Waals surface area contributed by atoms with E-state index in [1.807, 2.05) is 5.38 Å². The second-order valence-electron chi connectivity index (χ2n) is 7.43. The van der Waals surface area contributed by atoms with Gasteiger partial charge in [-0.15, -0.1) is 22.7 Å². The predicted molar refractivity (Wildman–Crippen MR) is 129 cm³/mol. The minimum absolute atomic E-state index is 0.0763. The summed E-state index contributed by atoms with van der Waals surface area (Å²) in [5, 5.41) is 6.85. The summed E-state index contributed by atoms with van der Waals surface area (Å²) >= 11 is 4.50. The summed E-state index contributed by atoms with van der Waals surface area (Å²) < 4.78 is 0. The number of hydrogen-bond acceptors (Lipinski definition) is 7. The van der Waals surface area contributed by atoms with Gasteiger partial charge in [-0.05, 0) is 38.0 Å². The van der Waals surface area contributed by atoms with E-state index in [0.29, 0.717) is 18.2 Å². The lowest BCUT2D eigenvalue weighted by molar-refractivity contribution is -0.109. The van der Waals surface area contributed by atoms with Crippen LogP contribution in [0, 0.1) is 5.92 Å². The van der Waals surface area contributed by atoms with E-state index in [2.05, 4.69) is 41.3 Å². The number of thiazole rings is 2. The molecule has 30 heavy (non-hydrogen) atoms. The second kappa shape index (κ2) is 13.7. The molecule has 0 bridgehead atoms. The molecule has 0 atom stereocenters. The zero-order chi connectivity index (χ0) is 21.8. The molecule has 2 aromatic rings. The summed E-state index contributed by atoms with van der Waals surface area (Å²) in [6.45, 7) is 6.58. The first-order valence-electron chi connectivity index (χ1n) is 10.4. The van der Waals surface area contributed by atoms with Crippen molar-refractivity contribution in [2.45, 2.75) is 59.3 Å². The number of unbranched alkanes of at least 4 members (excludes halogenated alkanes) is 3. The number of nitrogens with one attached hydrogen (secondary N) is 1. The molecule has 0 unspecified atom stereocenters. The zero-order valence-corrected chi connectivity index (χ0v) is 20.4. The highest BCUT2D eigenvalue weighted by Crippen LogP contribution is 2.31. The lowest BCUT2D eigenvalue weighted by Crippen LogP contribution is -2.25. The molecule has 2 heterocycles. The Morgan fingerprint density at radius 2 is 1.97 bits per heavy atom. The third-order valence-corrected chi connectivity index (χ3v) is 7.05. The van der Waals surface area contributed by atoms with Crippen LogP contribution in [0.2, 0.25) is 0 Å². The number of carbonyl (C=O) groups is 2. The van der Waals surface area contributed by atoms with Crippen LogP contribution in [0.1, 0.15) is 68.2 Å². The average molecular weight is 466 g/mol. The number of aromatic nitrogens is 2. The first-order chi connectivity index (χ1) is 14.5. The smallest absolute Gasteiger partial charge is 0.271 e. The van der Waals surface area contributed by atoms with E-state index in [1.54, 1.807) is 35.8 Å². The third kappa shape index (κ3) is 9.10. The summed E-state index contributed by atoms with van der Waals surface area (Å²) in [6, 6.07) is 0. The van der Waals surface area contributed by atoms with Gasteiger partial charge in [-0.3, -0.25) is 9.59 Å². The lowest BCUT2D eigenvalue weighted by Gasteiger charge is -2.06. The first kappa shape index (κ1) is 24.8. The summed E-state index contributed by atoms with van der Waals surface area (Å²) in [4.78, 5) is 33.5. The zero-order valence-electron chi connectivity index (χ0n) is 18.0. The predicted octanol–water partition coefficient (Wildman–Crippen LogP) is 5.98. The Labute approximate surface area is 191 Å². The van der Waals surface area contributed by atoms with Crippen molar-refractivity contribution in [2.75, 3.05) is 12.3 Å². The standard InChI is InChI=1S/C22H31N3O2S3/c1-16(2)15-18-19(25-22(30-18)21-24-12-14-29-21)20(27)23-11-9-7-5-4-6-8-10-13-28-17(3)26/h6,8,12,14,16H,4-5,7,9-11,13,15H2,1-3H3,(H,23,27)/b8-6+. The van der Waals surface area contributed by atoms with Crippen LogP contribution in [0.3, 0.4) is 0 Å². The van der Waals surface area contributed by atoms with E-state index in [1.165, 1.54) is 11.8 Å². The van der Waals surface area contributed by atoms with Crippen molar-refractivity contribution >= 4 is 45.5 Å². The summed E-state index contributed by atoms with van der Waals surface area (Å²) in [5.41, 5.74) is 0.560. The van der Waals surface area contributed by atoms with Crippen LogP contribution in [0.25, 0.3) is 10.0 Å². The van der Waals surface area contributed by atoms with Gasteiger partial charge in [0.25, 0.3) is 5.91 Å². The Morgan fingerprint density at radius 3 is 2.67 bits per heavy atom. The SMILES string of the molecule is CC(=O)SCC/C=C/CCCCCNC(=O)c1nc(-c2nccs2)sc1CC(C)C. The molecule has 0 saturated heterocycles. The fraction of sp³-hybridized carbons (Fsp3) is 0.545. The maximum Gasteiger partial charge on any atom is 0.271 e. The molecule has 164 valence electrons. The fourth-order valence-electron chi connectivity index (χ4n) is 2.81. The number of thioether (sulfide) groups is 1. The van der Waals surface area contributed by atoms with Crippen molar-refractivity contribution in [3.8, 4) is 10.0 Å². The fourth-order valence-corrected chi connectivity index (χ4v) is 5.31. The summed E-state index contributed by atoms with van der Waals surface area (Å²) in [5.74, 6) is 1.25. The number of amides is 1. The maximum atomic E-state index is 12.7. The van der Waals surface area contributed by atoms with E-state index in [-0.39, 0.29) is 11.0 Å². The monoisotopic (exact) mass is 465 g/mol. The van der Waals surface area contributed by atoms with Gasteiger partial charge in [0.1, 0.15) is 5.69 Å². The van der Waals surface area contributed by atoms with Crippen LogP contribution < -0.4 is 5.32 Å². The van der Waals surface area contributed by atoms with Crippen molar-refractivity contribution in [1.82, 2.24) is 15.3 Å². The molecule has 0 spiro atoms. The van der Waals surface area contributed by atoms with Crippen molar-refractivity contribution in [3.63, 3.8) is 0 Å². The van der Waals surface area contributed by atoms with Crippen LogP contribution in [-0.2, 0) is 11.2 Å². The highest BCUT2D eigenvalue weighted by Gasteiger charge is 2.20. The Bertz CT molecular complexity index is 814. The highest BCUT2D eigenvalue weighted by molar-refractivity contribution is 8.13. The van der Waals surface area contributed by atoms with Crippen molar-refractivity contribution in [3.05, 3.63) is 34.3 Å². The van der Waals surface area contributed by atoms with Gasteiger partial charge in [0.05, 0.1) is 0 Å². The normalized spacial score (nSPS) is 11.5. The molecule has 0 aliphatic rings. The molecule has 2 aromatic heterocycles. The largest absolute Gasteiger partial charge is 0.351 e. The summed E-state index contributed by atoms with van der Waals surface area (Å²) in [7, 11) is 0. The van der Waals surface area contributed by atoms with Crippen LogP contribution in [-0.4, -0.2) is 33.3 Å². The van der Waals surface area contributed by atoms with E-state index < -0.39 is 0 Å². The Kier molecular flexibility index (Phi) is 11.3. The quantitative estimate of drug-likeness (QED) is 0.291. The minimum Gasteiger partial charge on any atom is -0.351 e. The van der Waals surface area contributed by atoms with Gasteiger partial charge >= 0.3 is 0 Å². The lowest BCUT2D eigenvalue weighted by atomic mass is 10.1. The Balaban J connectivity index is 1.71. The summed E-state index contributed by atoms with van der Waals surface area (Å²) in [6.07, 6.45) is 12.1. The number of carbonyl (C=O) groups excluding carboxylic acids is 2. The van der Waals surface area contributed by atoms with Crippen LogP contribution in [0.4, 0.5) is 0 Å². The number of allylic oxidation sites excluding steroid dienone is 2. The Morgan fingerprint density at radius 1 is 1.17 bits per heavy atom. The molecule has 1 N–H and O–H groups in total. The van der Waals surface area contributed by atoms with Gasteiger partial charge in [0.15, 0.2) is 15.1 Å². The molecular weight excluding hydrogens is 434 g/mol. The molecule has 0 saturated carbocycles. The van der Waals surface area contributed by atoms with Crippen LogP contribution in [0.5, 0.6) is 0 Å². The van der Waals surface area contributed by atoms with E-state index in [0.717, 1.165) is 59.2 Å². The number of nitrogens with zero attached hydrogens (tertiary/aromatic N) is 2. The van der Waals surface area contributed by atoms with Gasteiger partial charge in [-0.25, -0.2) is 9.97 Å². The van der Waals surface area contributed by atoms with Crippen molar-refractivity contribution in [2.24, 2.45) is 5.92 Å². The molecule has 0 aliphatic heterocycles. The van der Waals surface area contributed by atoms with Gasteiger partial charge in [0, 0.05) is 35.7 Å². The molecule has 0 aliphatic carbocycles. The van der Waals surface area contributed by atoms with E-state index >= 15 is 0 Å². The molecule has 5 nitrogen and oxygen atoms in total. The van der Waals surface area contributed by atoms with E-state index in [9.17, 15) is 9.59 Å². The Hall–Kier alpha value is -1.51. The average Bonchev–Trinajstić information content (AvgIpc) is 3.35. The van der Waals surface area contributed by atoms with Gasteiger partial charge < -0.3 is 5.32 Å². The van der Waals surface area contributed by atoms with Crippen LogP contribution in [0.15, 0.2) is 23.7 Å². The van der Waals surface area contributed by atoms with E-state index in [4.69, 9.17) is 0 Å². The molecule has 0 aromatic carbocycles. The molecule has 0 fully saturated rings. The minimum atomic E-state index is -0.0763. The number of rotatable bonds is 13. The second-order valence-corrected chi connectivity index (χ2v) is 10.7. The van der Waals surface area contributed by atoms with Crippen LogP contribution >= 0.6 is 34.4 Å². The highest BCUT2D eigenvalue weighted by atomic mass is 32.2. The molecular formula is C22H31N3O2S3. The van der Waals surface area contributed by atoms with Gasteiger partial charge in [0.2, 0.25) is 0 Å². The van der Waals surface area contributed by atoms with Crippen molar-refractivity contribution in [1.29, 1.82) is 0 Å². The molecule has 0 radical (unpaired) electrons. The molecule has 8 heteroatoms. The van der Waals surface area contributed by atoms with Crippen molar-refractivity contribution < 1.29 is 9.59 Å². The molecule has 1 amide bonds. The first-order valence-corrected chi connectivity index (χ1v) is 13.1. The number of hydrogen-bond donors (Lipinski definition) is 1. The van der Waals surface area contributed by atoms with Gasteiger partial charge in [-0.1, -0.05) is 44.2 Å². The topological polar surface area (TPSA) is 72.0 Å². The maximum absolute atomic E-state index is 12.7. The molecule has 2 rings (SSSR count).